The Balaban J connectivity index is 4.15. The second-order valence-electron chi connectivity index (χ2n) is 2.64. The average molecular weight is 149 g/mol. The molecule has 0 aromatic carbocycles. The third kappa shape index (κ3) is 3.52. The minimum absolute atomic E-state index is 0.679. The summed E-state index contributed by atoms with van der Waals surface area (Å²) in [4.78, 5) is 1.97. The maximum absolute atomic E-state index is 5.12. The van der Waals surface area contributed by atoms with Gasteiger partial charge in [-0.15, -0.1) is 12.3 Å². The average Bonchev–Trinajstić information content (AvgIpc) is 1.98. The van der Waals surface area contributed by atoms with E-state index in [1.807, 2.05) is 32.0 Å². The van der Waals surface area contributed by atoms with Crippen molar-refractivity contribution in [3.8, 4) is 12.3 Å². The van der Waals surface area contributed by atoms with Crippen LogP contribution in [0.15, 0.2) is 23.9 Å². The molecule has 0 rings (SSSR count). The summed E-state index contributed by atoms with van der Waals surface area (Å²) < 4.78 is 0. The van der Waals surface area contributed by atoms with Crippen molar-refractivity contribution in [2.45, 2.75) is 13.3 Å². The number of terminal acetylenes is 1. The van der Waals surface area contributed by atoms with E-state index in [0.717, 1.165) is 11.3 Å². The number of rotatable bonds is 3. The quantitative estimate of drug-likeness (QED) is 0.438. The lowest BCUT2D eigenvalue weighted by Crippen LogP contribution is -2.10. The minimum atomic E-state index is 0.679. The molecule has 0 spiro atoms. The van der Waals surface area contributed by atoms with E-state index < -0.39 is 0 Å². The predicted octanol–water partition coefficient (Wildman–Crippen LogP) is 2.03. The highest BCUT2D eigenvalue weighted by Crippen LogP contribution is 2.08. The van der Waals surface area contributed by atoms with Gasteiger partial charge in [0.15, 0.2) is 0 Å². The number of hydrogen-bond donors (Lipinski definition) is 0. The standard InChI is InChI=1S/C10H15N/c1-6-7-8-9(2)10(3)11(4)5/h1,8H,3,7H2,2,4-5H3/b9-8-. The number of nitrogens with zero attached hydrogens (tertiary/aromatic N) is 1. The van der Waals surface area contributed by atoms with Gasteiger partial charge in [0.2, 0.25) is 0 Å². The Morgan fingerprint density at radius 1 is 1.64 bits per heavy atom. The molecule has 1 nitrogen and oxygen atoms in total. The monoisotopic (exact) mass is 149 g/mol. The van der Waals surface area contributed by atoms with Gasteiger partial charge in [-0.05, 0) is 12.5 Å². The first-order chi connectivity index (χ1) is 5.09. The molecule has 11 heavy (non-hydrogen) atoms. The second kappa shape index (κ2) is 4.62. The van der Waals surface area contributed by atoms with Gasteiger partial charge in [-0.1, -0.05) is 12.7 Å². The normalized spacial score (nSPS) is 10.5. The Labute approximate surface area is 69.4 Å². The highest BCUT2D eigenvalue weighted by atomic mass is 15.1. The molecule has 60 valence electrons. The van der Waals surface area contributed by atoms with Crippen molar-refractivity contribution in [3.63, 3.8) is 0 Å². The molecule has 0 aromatic heterocycles. The molecular weight excluding hydrogens is 134 g/mol. The lowest BCUT2D eigenvalue weighted by atomic mass is 10.2. The van der Waals surface area contributed by atoms with E-state index in [2.05, 4.69) is 12.5 Å². The molecule has 0 radical (unpaired) electrons. The first kappa shape index (κ1) is 9.84. The van der Waals surface area contributed by atoms with Gasteiger partial charge < -0.3 is 4.90 Å². The van der Waals surface area contributed by atoms with Crippen LogP contribution in [0.3, 0.4) is 0 Å². The summed E-state index contributed by atoms with van der Waals surface area (Å²) in [5.41, 5.74) is 2.16. The van der Waals surface area contributed by atoms with Gasteiger partial charge in [0.25, 0.3) is 0 Å². The van der Waals surface area contributed by atoms with Crippen molar-refractivity contribution in [3.05, 3.63) is 23.9 Å². The minimum Gasteiger partial charge on any atom is -0.378 e. The van der Waals surface area contributed by atoms with Gasteiger partial charge in [-0.25, -0.2) is 0 Å². The van der Waals surface area contributed by atoms with Crippen LogP contribution in [-0.4, -0.2) is 19.0 Å². The molecule has 0 bridgehead atoms. The fourth-order valence-electron chi connectivity index (χ4n) is 0.683. The zero-order valence-corrected chi connectivity index (χ0v) is 7.52. The maximum atomic E-state index is 5.12. The van der Waals surface area contributed by atoms with Crippen LogP contribution in [0.2, 0.25) is 0 Å². The smallest absolute Gasteiger partial charge is 0.0314 e. The summed E-state index contributed by atoms with van der Waals surface area (Å²) in [6, 6.07) is 0. The van der Waals surface area contributed by atoms with Crippen molar-refractivity contribution < 1.29 is 0 Å². The Bertz CT molecular complexity index is 203. The molecule has 0 aliphatic rings. The van der Waals surface area contributed by atoms with E-state index in [-0.39, 0.29) is 0 Å². The van der Waals surface area contributed by atoms with Crippen LogP contribution in [0, 0.1) is 12.3 Å². The van der Waals surface area contributed by atoms with Crippen LogP contribution in [0.1, 0.15) is 13.3 Å². The summed E-state index contributed by atoms with van der Waals surface area (Å²) in [7, 11) is 3.94. The van der Waals surface area contributed by atoms with E-state index in [9.17, 15) is 0 Å². The number of likely N-dealkylation sites (N-methyl/N-ethyl adjacent to an activating group) is 1. The van der Waals surface area contributed by atoms with Crippen LogP contribution >= 0.6 is 0 Å². The molecule has 0 fully saturated rings. The van der Waals surface area contributed by atoms with E-state index in [0.29, 0.717) is 6.42 Å². The lowest BCUT2D eigenvalue weighted by molar-refractivity contribution is 0.524. The Hall–Kier alpha value is -1.16. The predicted molar refractivity (Wildman–Crippen MR) is 50.0 cm³/mol. The topological polar surface area (TPSA) is 3.24 Å². The first-order valence-corrected chi connectivity index (χ1v) is 3.56. The van der Waals surface area contributed by atoms with Gasteiger partial charge in [0.1, 0.15) is 0 Å². The molecule has 1 heteroatoms. The van der Waals surface area contributed by atoms with Gasteiger partial charge in [0.05, 0.1) is 0 Å². The number of allylic oxidation sites excluding steroid dienone is 2. The highest BCUT2D eigenvalue weighted by molar-refractivity contribution is 5.25. The van der Waals surface area contributed by atoms with E-state index in [1.54, 1.807) is 0 Å². The fourth-order valence-corrected chi connectivity index (χ4v) is 0.683. The Morgan fingerprint density at radius 3 is 2.55 bits per heavy atom. The van der Waals surface area contributed by atoms with Gasteiger partial charge in [-0.2, -0.15) is 0 Å². The van der Waals surface area contributed by atoms with Crippen LogP contribution in [0.4, 0.5) is 0 Å². The molecule has 0 aromatic rings. The Morgan fingerprint density at radius 2 is 2.18 bits per heavy atom. The fraction of sp³-hybridized carbons (Fsp3) is 0.400. The first-order valence-electron chi connectivity index (χ1n) is 3.56. The third-order valence-electron chi connectivity index (χ3n) is 1.52. The van der Waals surface area contributed by atoms with Crippen molar-refractivity contribution in [1.29, 1.82) is 0 Å². The summed E-state index contributed by atoms with van der Waals surface area (Å²) in [5.74, 6) is 2.56. The maximum Gasteiger partial charge on any atom is 0.0314 e. The molecule has 0 N–H and O–H groups in total. The molecule has 0 amide bonds. The third-order valence-corrected chi connectivity index (χ3v) is 1.52. The summed E-state index contributed by atoms with van der Waals surface area (Å²) >= 11 is 0. The van der Waals surface area contributed by atoms with Crippen molar-refractivity contribution in [2.24, 2.45) is 0 Å². The molecule has 0 aliphatic heterocycles. The zero-order valence-electron chi connectivity index (χ0n) is 7.52. The molecule has 0 saturated heterocycles. The zero-order chi connectivity index (χ0) is 8.85. The molecule has 0 atom stereocenters. The van der Waals surface area contributed by atoms with Crippen LogP contribution < -0.4 is 0 Å². The van der Waals surface area contributed by atoms with Gasteiger partial charge >= 0.3 is 0 Å². The van der Waals surface area contributed by atoms with Crippen molar-refractivity contribution in [1.82, 2.24) is 4.90 Å². The molecule has 0 aliphatic carbocycles. The van der Waals surface area contributed by atoms with E-state index >= 15 is 0 Å². The SMILES string of the molecule is C#CC/C=C(/C)C(=C)N(C)C. The summed E-state index contributed by atoms with van der Waals surface area (Å²) in [5, 5.41) is 0. The van der Waals surface area contributed by atoms with Gasteiger partial charge in [0, 0.05) is 26.2 Å². The van der Waals surface area contributed by atoms with Gasteiger partial charge in [-0.3, -0.25) is 0 Å². The van der Waals surface area contributed by atoms with Crippen molar-refractivity contribution in [2.75, 3.05) is 14.1 Å². The van der Waals surface area contributed by atoms with Crippen LogP contribution in [0.5, 0.6) is 0 Å². The molecule has 0 saturated carbocycles. The van der Waals surface area contributed by atoms with Crippen LogP contribution in [-0.2, 0) is 0 Å². The number of hydrogen-bond acceptors (Lipinski definition) is 1. The van der Waals surface area contributed by atoms with Crippen molar-refractivity contribution >= 4 is 0 Å². The van der Waals surface area contributed by atoms with Crippen LogP contribution in [0.25, 0.3) is 0 Å². The molecule has 0 heterocycles. The largest absolute Gasteiger partial charge is 0.378 e. The summed E-state index contributed by atoms with van der Waals surface area (Å²) in [6.45, 7) is 5.91. The Kier molecular flexibility index (Phi) is 4.14. The highest BCUT2D eigenvalue weighted by Gasteiger charge is 1.96. The van der Waals surface area contributed by atoms with E-state index in [4.69, 9.17) is 6.42 Å². The van der Waals surface area contributed by atoms with E-state index in [1.165, 1.54) is 0 Å². The molecular formula is C10H15N. The second-order valence-corrected chi connectivity index (χ2v) is 2.64. The molecule has 0 unspecified atom stereocenters. The summed E-state index contributed by atoms with van der Waals surface area (Å²) in [6.07, 6.45) is 7.80. The lowest BCUT2D eigenvalue weighted by Gasteiger charge is -2.15.